The van der Waals surface area contributed by atoms with Gasteiger partial charge in [-0.25, -0.2) is 4.79 Å². The van der Waals surface area contributed by atoms with Crippen LogP contribution in [0.5, 0.6) is 0 Å². The molecule has 1 aliphatic rings. The van der Waals surface area contributed by atoms with E-state index in [4.69, 9.17) is 9.47 Å². The number of amides is 1. The van der Waals surface area contributed by atoms with Crippen molar-refractivity contribution in [3.63, 3.8) is 0 Å². The Kier molecular flexibility index (Phi) is 7.49. The lowest BCUT2D eigenvalue weighted by atomic mass is 9.75. The molecule has 7 nitrogen and oxygen atoms in total. The highest BCUT2D eigenvalue weighted by molar-refractivity contribution is 5.77. The SMILES string of the molecule is CCOC(=O)C1(CCn2ccc(CC)cc2=O)CCN(C(=O)OC(C)(C)C)CC1. The zero-order valence-electron chi connectivity index (χ0n) is 18.3. The van der Waals surface area contributed by atoms with E-state index in [0.717, 1.165) is 12.0 Å². The molecule has 2 heterocycles. The number of esters is 1. The van der Waals surface area contributed by atoms with E-state index in [1.807, 2.05) is 33.8 Å². The number of carbonyl (C=O) groups excluding carboxylic acids is 2. The third-order valence-corrected chi connectivity index (χ3v) is 5.38. The van der Waals surface area contributed by atoms with Gasteiger partial charge in [0.05, 0.1) is 12.0 Å². The topological polar surface area (TPSA) is 77.8 Å². The first-order valence-corrected chi connectivity index (χ1v) is 10.4. The summed E-state index contributed by atoms with van der Waals surface area (Å²) in [5.74, 6) is -0.248. The van der Waals surface area contributed by atoms with Gasteiger partial charge in [-0.1, -0.05) is 6.92 Å². The summed E-state index contributed by atoms with van der Waals surface area (Å²) >= 11 is 0. The minimum Gasteiger partial charge on any atom is -0.466 e. The Morgan fingerprint density at radius 2 is 1.83 bits per heavy atom. The first-order chi connectivity index (χ1) is 13.6. The van der Waals surface area contributed by atoms with Gasteiger partial charge in [0, 0.05) is 31.9 Å². The van der Waals surface area contributed by atoms with Gasteiger partial charge >= 0.3 is 12.1 Å². The van der Waals surface area contributed by atoms with Crippen LogP contribution in [-0.2, 0) is 27.2 Å². The lowest BCUT2D eigenvalue weighted by molar-refractivity contribution is -0.159. The Balaban J connectivity index is 2.10. The number of ether oxygens (including phenoxy) is 2. The maximum Gasteiger partial charge on any atom is 0.410 e. The minimum atomic E-state index is -0.697. The summed E-state index contributed by atoms with van der Waals surface area (Å²) < 4.78 is 12.4. The molecule has 1 aromatic rings. The van der Waals surface area contributed by atoms with Crippen molar-refractivity contribution in [3.05, 3.63) is 34.2 Å². The van der Waals surface area contributed by atoms with Gasteiger partial charge in [-0.05, 0) is 65.0 Å². The molecule has 1 amide bonds. The van der Waals surface area contributed by atoms with E-state index in [-0.39, 0.29) is 17.6 Å². The van der Waals surface area contributed by atoms with Crippen molar-refractivity contribution in [2.24, 2.45) is 5.41 Å². The molecule has 162 valence electrons. The molecule has 0 aliphatic carbocycles. The molecule has 0 bridgehead atoms. The lowest BCUT2D eigenvalue weighted by Crippen LogP contribution is -2.49. The van der Waals surface area contributed by atoms with Gasteiger partial charge in [-0.3, -0.25) is 9.59 Å². The van der Waals surface area contributed by atoms with Gasteiger partial charge in [0.15, 0.2) is 0 Å². The number of hydrogen-bond acceptors (Lipinski definition) is 5. The highest BCUT2D eigenvalue weighted by Gasteiger charge is 2.43. The number of rotatable bonds is 6. The van der Waals surface area contributed by atoms with Crippen molar-refractivity contribution in [2.75, 3.05) is 19.7 Å². The third-order valence-electron chi connectivity index (χ3n) is 5.38. The predicted molar refractivity (Wildman–Crippen MR) is 111 cm³/mol. The average molecular weight is 407 g/mol. The molecule has 0 aromatic carbocycles. The van der Waals surface area contributed by atoms with E-state index in [2.05, 4.69) is 0 Å². The smallest absolute Gasteiger partial charge is 0.410 e. The Morgan fingerprint density at radius 1 is 1.17 bits per heavy atom. The summed E-state index contributed by atoms with van der Waals surface area (Å²) in [7, 11) is 0. The number of likely N-dealkylation sites (tertiary alicyclic amines) is 1. The van der Waals surface area contributed by atoms with Crippen molar-refractivity contribution in [1.29, 1.82) is 0 Å². The first-order valence-electron chi connectivity index (χ1n) is 10.4. The second-order valence-corrected chi connectivity index (χ2v) is 8.64. The zero-order chi connectivity index (χ0) is 21.7. The van der Waals surface area contributed by atoms with Gasteiger partial charge in [0.2, 0.25) is 0 Å². The van der Waals surface area contributed by atoms with Gasteiger partial charge in [0.1, 0.15) is 5.60 Å². The molecule has 0 unspecified atom stereocenters. The highest BCUT2D eigenvalue weighted by atomic mass is 16.6. The molecular weight excluding hydrogens is 372 g/mol. The van der Waals surface area contributed by atoms with Crippen LogP contribution in [0.4, 0.5) is 4.79 Å². The van der Waals surface area contributed by atoms with Crippen LogP contribution in [0.1, 0.15) is 59.4 Å². The van der Waals surface area contributed by atoms with E-state index in [1.165, 1.54) is 0 Å². The van der Waals surface area contributed by atoms with Crippen LogP contribution in [0.2, 0.25) is 0 Å². The summed E-state index contributed by atoms with van der Waals surface area (Å²) in [6.45, 7) is 10.9. The molecule has 0 atom stereocenters. The van der Waals surface area contributed by atoms with Gasteiger partial charge in [0.25, 0.3) is 5.56 Å². The first kappa shape index (κ1) is 23.0. The van der Waals surface area contributed by atoms with Crippen molar-refractivity contribution in [3.8, 4) is 0 Å². The number of pyridine rings is 1. The number of nitrogens with zero attached hydrogens (tertiary/aromatic N) is 2. The van der Waals surface area contributed by atoms with E-state index < -0.39 is 11.0 Å². The fourth-order valence-electron chi connectivity index (χ4n) is 3.57. The molecule has 0 N–H and O–H groups in total. The fraction of sp³-hybridized carbons (Fsp3) is 0.682. The normalized spacial score (nSPS) is 16.4. The summed E-state index contributed by atoms with van der Waals surface area (Å²) in [5.41, 5.74) is -0.317. The molecule has 2 rings (SSSR count). The number of aryl methyl sites for hydroxylation is 2. The van der Waals surface area contributed by atoms with E-state index in [1.54, 1.807) is 28.7 Å². The maximum atomic E-state index is 12.8. The largest absolute Gasteiger partial charge is 0.466 e. The molecule has 1 aliphatic heterocycles. The van der Waals surface area contributed by atoms with Crippen LogP contribution in [-0.4, -0.2) is 46.8 Å². The molecule has 7 heteroatoms. The summed E-state index contributed by atoms with van der Waals surface area (Å²) in [6.07, 6.45) is 3.72. The monoisotopic (exact) mass is 406 g/mol. The Bertz CT molecular complexity index is 770. The molecular formula is C22H34N2O5. The van der Waals surface area contributed by atoms with Crippen LogP contribution < -0.4 is 5.56 Å². The Labute approximate surface area is 173 Å². The fourth-order valence-corrected chi connectivity index (χ4v) is 3.57. The Hall–Kier alpha value is -2.31. The maximum absolute atomic E-state index is 12.8. The van der Waals surface area contributed by atoms with Gasteiger partial charge in [-0.15, -0.1) is 0 Å². The van der Waals surface area contributed by atoms with Crippen LogP contribution >= 0.6 is 0 Å². The van der Waals surface area contributed by atoms with Crippen LogP contribution in [0.3, 0.4) is 0 Å². The molecule has 0 radical (unpaired) electrons. The molecule has 0 saturated carbocycles. The van der Waals surface area contributed by atoms with Crippen LogP contribution in [0.25, 0.3) is 0 Å². The van der Waals surface area contributed by atoms with Gasteiger partial charge in [-0.2, -0.15) is 0 Å². The Morgan fingerprint density at radius 3 is 2.34 bits per heavy atom. The zero-order valence-corrected chi connectivity index (χ0v) is 18.3. The number of aromatic nitrogens is 1. The van der Waals surface area contributed by atoms with Crippen molar-refractivity contribution in [2.45, 2.75) is 72.4 Å². The predicted octanol–water partition coefficient (Wildman–Crippen LogP) is 3.38. The second kappa shape index (κ2) is 9.46. The van der Waals surface area contributed by atoms with E-state index in [9.17, 15) is 14.4 Å². The standard InChI is InChI=1S/C22H34N2O5/c1-6-17-8-12-23(18(25)16-17)13-9-22(19(26)28-7-2)10-14-24(15-11-22)20(27)29-21(3,4)5/h8,12,16H,6-7,9-11,13-15H2,1-5H3. The molecule has 29 heavy (non-hydrogen) atoms. The summed E-state index contributed by atoms with van der Waals surface area (Å²) in [4.78, 5) is 39.1. The molecule has 1 saturated heterocycles. The van der Waals surface area contributed by atoms with Crippen LogP contribution in [0, 0.1) is 5.41 Å². The minimum absolute atomic E-state index is 0.0606. The quantitative estimate of drug-likeness (QED) is 0.677. The van der Waals surface area contributed by atoms with Crippen LogP contribution in [0.15, 0.2) is 23.1 Å². The third kappa shape index (κ3) is 6.08. The lowest BCUT2D eigenvalue weighted by Gasteiger charge is -2.40. The van der Waals surface area contributed by atoms with E-state index in [0.29, 0.717) is 45.5 Å². The summed E-state index contributed by atoms with van der Waals surface area (Å²) in [5, 5.41) is 0. The molecule has 0 spiro atoms. The second-order valence-electron chi connectivity index (χ2n) is 8.64. The number of hydrogen-bond donors (Lipinski definition) is 0. The van der Waals surface area contributed by atoms with Gasteiger partial charge < -0.3 is 18.9 Å². The van der Waals surface area contributed by atoms with E-state index >= 15 is 0 Å². The number of carbonyl (C=O) groups is 2. The molecule has 1 aromatic heterocycles. The van der Waals surface area contributed by atoms with Crippen molar-refractivity contribution in [1.82, 2.24) is 9.47 Å². The summed E-state index contributed by atoms with van der Waals surface area (Å²) in [6, 6.07) is 3.58. The highest BCUT2D eigenvalue weighted by Crippen LogP contribution is 2.37. The molecule has 1 fully saturated rings. The van der Waals surface area contributed by atoms with Crippen molar-refractivity contribution < 1.29 is 19.1 Å². The van der Waals surface area contributed by atoms with Crippen molar-refractivity contribution >= 4 is 12.1 Å². The average Bonchev–Trinajstić information content (AvgIpc) is 2.66. The number of piperidine rings is 1.